The van der Waals surface area contributed by atoms with Crippen LogP contribution in [0.1, 0.15) is 17.7 Å². The van der Waals surface area contributed by atoms with Gasteiger partial charge in [-0.3, -0.25) is 4.68 Å². The average molecular weight is 289 g/mol. The van der Waals surface area contributed by atoms with Crippen LogP contribution in [0.25, 0.3) is 0 Å². The Labute approximate surface area is 123 Å². The average Bonchev–Trinajstić information content (AvgIpc) is 2.83. The van der Waals surface area contributed by atoms with Crippen LogP contribution in [0.2, 0.25) is 0 Å². The van der Waals surface area contributed by atoms with Gasteiger partial charge in [-0.2, -0.15) is 5.10 Å². The van der Waals surface area contributed by atoms with Crippen molar-refractivity contribution in [3.63, 3.8) is 0 Å². The van der Waals surface area contributed by atoms with Crippen molar-refractivity contribution in [3.8, 4) is 5.75 Å². The molecule has 0 aliphatic rings. The molecule has 112 valence electrons. The van der Waals surface area contributed by atoms with Crippen molar-refractivity contribution in [1.29, 1.82) is 0 Å². The first-order valence-electron chi connectivity index (χ1n) is 6.83. The molecule has 2 aromatic rings. The lowest BCUT2D eigenvalue weighted by molar-refractivity contribution is 0.194. The van der Waals surface area contributed by atoms with Gasteiger partial charge in [-0.25, -0.2) is 4.79 Å². The molecule has 1 amide bonds. The molecule has 2 N–H and O–H groups in total. The van der Waals surface area contributed by atoms with E-state index >= 15 is 0 Å². The van der Waals surface area contributed by atoms with Crippen molar-refractivity contribution in [3.05, 3.63) is 47.8 Å². The number of aryl methyl sites for hydroxylation is 2. The lowest BCUT2D eigenvalue weighted by Crippen LogP contribution is -2.22. The van der Waals surface area contributed by atoms with Gasteiger partial charge < -0.3 is 15.2 Å². The second-order valence-electron chi connectivity index (χ2n) is 4.70. The highest BCUT2D eigenvalue weighted by Gasteiger charge is 2.06. The normalized spacial score (nSPS) is 10.3. The molecular weight excluding hydrogens is 270 g/mol. The monoisotopic (exact) mass is 289 g/mol. The molecule has 0 radical (unpaired) electrons. The van der Waals surface area contributed by atoms with Crippen molar-refractivity contribution in [2.75, 3.05) is 6.54 Å². The molecule has 0 aliphatic carbocycles. The SMILES string of the molecule is Cc1nn(CCCNC(=O)O)cc1OCc1ccccc1. The Morgan fingerprint density at radius 3 is 2.86 bits per heavy atom. The third-order valence-electron chi connectivity index (χ3n) is 2.98. The largest absolute Gasteiger partial charge is 0.485 e. The van der Waals surface area contributed by atoms with Gasteiger partial charge >= 0.3 is 6.09 Å². The van der Waals surface area contributed by atoms with Crippen LogP contribution in [0.3, 0.4) is 0 Å². The van der Waals surface area contributed by atoms with Gasteiger partial charge in [0.25, 0.3) is 0 Å². The van der Waals surface area contributed by atoms with Gasteiger partial charge in [0.15, 0.2) is 5.75 Å². The van der Waals surface area contributed by atoms with Crippen molar-refractivity contribution in [1.82, 2.24) is 15.1 Å². The van der Waals surface area contributed by atoms with Crippen LogP contribution >= 0.6 is 0 Å². The molecule has 0 unspecified atom stereocenters. The molecular formula is C15H19N3O3. The van der Waals surface area contributed by atoms with Crippen LogP contribution in [0.5, 0.6) is 5.75 Å². The van der Waals surface area contributed by atoms with E-state index in [-0.39, 0.29) is 0 Å². The smallest absolute Gasteiger partial charge is 0.404 e. The van der Waals surface area contributed by atoms with Gasteiger partial charge in [-0.05, 0) is 18.9 Å². The highest BCUT2D eigenvalue weighted by Crippen LogP contribution is 2.17. The molecule has 6 heteroatoms. The van der Waals surface area contributed by atoms with Gasteiger partial charge in [0.1, 0.15) is 12.3 Å². The van der Waals surface area contributed by atoms with Crippen LogP contribution in [0, 0.1) is 6.92 Å². The maximum atomic E-state index is 10.3. The van der Waals surface area contributed by atoms with Crippen molar-refractivity contribution in [2.24, 2.45) is 0 Å². The number of hydrogen-bond acceptors (Lipinski definition) is 3. The molecule has 0 bridgehead atoms. The van der Waals surface area contributed by atoms with E-state index < -0.39 is 6.09 Å². The first-order valence-corrected chi connectivity index (χ1v) is 6.83. The van der Waals surface area contributed by atoms with E-state index in [1.165, 1.54) is 0 Å². The molecule has 0 atom stereocenters. The zero-order valence-corrected chi connectivity index (χ0v) is 12.0. The predicted molar refractivity (Wildman–Crippen MR) is 78.4 cm³/mol. The summed E-state index contributed by atoms with van der Waals surface area (Å²) >= 11 is 0. The summed E-state index contributed by atoms with van der Waals surface area (Å²) in [5, 5.41) is 15.2. The Morgan fingerprint density at radius 1 is 1.38 bits per heavy atom. The molecule has 0 spiro atoms. The quantitative estimate of drug-likeness (QED) is 0.767. The van der Waals surface area contributed by atoms with Crippen molar-refractivity contribution in [2.45, 2.75) is 26.5 Å². The van der Waals surface area contributed by atoms with Gasteiger partial charge in [-0.1, -0.05) is 30.3 Å². The second kappa shape index (κ2) is 7.33. The van der Waals surface area contributed by atoms with Gasteiger partial charge in [-0.15, -0.1) is 0 Å². The Kier molecular flexibility index (Phi) is 5.20. The van der Waals surface area contributed by atoms with E-state index in [4.69, 9.17) is 9.84 Å². The van der Waals surface area contributed by atoms with Gasteiger partial charge in [0, 0.05) is 13.1 Å². The van der Waals surface area contributed by atoms with Gasteiger partial charge in [0.2, 0.25) is 0 Å². The summed E-state index contributed by atoms with van der Waals surface area (Å²) in [5.74, 6) is 0.755. The van der Waals surface area contributed by atoms with Crippen LogP contribution in [-0.2, 0) is 13.2 Å². The predicted octanol–water partition coefficient (Wildman–Crippen LogP) is 2.43. The van der Waals surface area contributed by atoms with Crippen molar-refractivity contribution >= 4 is 6.09 Å². The maximum absolute atomic E-state index is 10.3. The fraction of sp³-hybridized carbons (Fsp3) is 0.333. The fourth-order valence-electron chi connectivity index (χ4n) is 1.93. The minimum absolute atomic E-state index is 0.411. The number of aromatic nitrogens is 2. The highest BCUT2D eigenvalue weighted by atomic mass is 16.5. The fourth-order valence-corrected chi connectivity index (χ4v) is 1.93. The number of carboxylic acid groups (broad SMARTS) is 1. The van der Waals surface area contributed by atoms with Crippen LogP contribution in [-0.4, -0.2) is 27.5 Å². The molecule has 1 aromatic heterocycles. The summed E-state index contributed by atoms with van der Waals surface area (Å²) in [5.41, 5.74) is 1.94. The number of ether oxygens (including phenoxy) is 1. The summed E-state index contributed by atoms with van der Waals surface area (Å²) in [6.07, 6.45) is 1.53. The molecule has 21 heavy (non-hydrogen) atoms. The Balaban J connectivity index is 1.83. The number of carbonyl (C=O) groups is 1. The zero-order valence-electron chi connectivity index (χ0n) is 12.0. The first-order chi connectivity index (χ1) is 10.1. The number of nitrogens with zero attached hydrogens (tertiary/aromatic N) is 2. The molecule has 1 aromatic carbocycles. The summed E-state index contributed by atoms with van der Waals surface area (Å²) < 4.78 is 7.53. The standard InChI is InChI=1S/C15H19N3O3/c1-12-14(21-11-13-6-3-2-4-7-13)10-18(17-12)9-5-8-16-15(19)20/h2-4,6-7,10,16H,5,8-9,11H2,1H3,(H,19,20). The Hall–Kier alpha value is -2.50. The second-order valence-corrected chi connectivity index (χ2v) is 4.70. The maximum Gasteiger partial charge on any atom is 0.404 e. The highest BCUT2D eigenvalue weighted by molar-refractivity contribution is 5.64. The van der Waals surface area contributed by atoms with E-state index in [2.05, 4.69) is 10.4 Å². The minimum Gasteiger partial charge on any atom is -0.485 e. The molecule has 0 saturated heterocycles. The first kappa shape index (κ1) is 14.9. The zero-order chi connectivity index (χ0) is 15.1. The van der Waals surface area contributed by atoms with Crippen LogP contribution in [0.4, 0.5) is 4.79 Å². The summed E-state index contributed by atoms with van der Waals surface area (Å²) in [4.78, 5) is 10.3. The van der Waals surface area contributed by atoms with Crippen LogP contribution in [0.15, 0.2) is 36.5 Å². The van der Waals surface area contributed by atoms with E-state index in [0.717, 1.165) is 17.0 Å². The number of benzene rings is 1. The molecule has 6 nitrogen and oxygen atoms in total. The lowest BCUT2D eigenvalue weighted by Gasteiger charge is -2.04. The van der Waals surface area contributed by atoms with E-state index in [0.29, 0.717) is 26.1 Å². The topological polar surface area (TPSA) is 76.4 Å². The van der Waals surface area contributed by atoms with E-state index in [1.54, 1.807) is 4.68 Å². The molecule has 0 aliphatic heterocycles. The number of rotatable bonds is 7. The number of nitrogens with one attached hydrogen (secondary N) is 1. The molecule has 1 heterocycles. The summed E-state index contributed by atoms with van der Waals surface area (Å²) in [6.45, 7) is 3.46. The number of amides is 1. The lowest BCUT2D eigenvalue weighted by atomic mass is 10.2. The minimum atomic E-state index is -1.00. The van der Waals surface area contributed by atoms with Gasteiger partial charge in [0.05, 0.1) is 6.20 Å². The Morgan fingerprint density at radius 2 is 2.14 bits per heavy atom. The number of hydrogen-bond donors (Lipinski definition) is 2. The van der Waals surface area contributed by atoms with E-state index in [9.17, 15) is 4.79 Å². The Bertz CT molecular complexity index is 581. The third kappa shape index (κ3) is 4.83. The molecule has 2 rings (SSSR count). The summed E-state index contributed by atoms with van der Waals surface area (Å²) in [6, 6.07) is 9.95. The summed E-state index contributed by atoms with van der Waals surface area (Å²) in [7, 11) is 0. The van der Waals surface area contributed by atoms with Crippen molar-refractivity contribution < 1.29 is 14.6 Å². The third-order valence-corrected chi connectivity index (χ3v) is 2.98. The van der Waals surface area contributed by atoms with E-state index in [1.807, 2.05) is 43.5 Å². The molecule has 0 saturated carbocycles. The molecule has 0 fully saturated rings. The van der Waals surface area contributed by atoms with Crippen LogP contribution < -0.4 is 10.1 Å².